The van der Waals surface area contributed by atoms with E-state index in [1.807, 2.05) is 23.9 Å². The minimum Gasteiger partial charge on any atom is -0.271 e. The van der Waals surface area contributed by atoms with Gasteiger partial charge in [-0.05, 0) is 60.4 Å². The van der Waals surface area contributed by atoms with E-state index in [0.29, 0.717) is 5.02 Å². The molecule has 1 aliphatic rings. The molecule has 3 N–H and O–H groups in total. The average molecular weight is 305 g/mol. The zero-order valence-corrected chi connectivity index (χ0v) is 12.5. The van der Waals surface area contributed by atoms with Crippen molar-refractivity contribution in [2.45, 2.75) is 25.3 Å². The fourth-order valence-corrected chi connectivity index (χ4v) is 4.02. The molecule has 5 heteroatoms. The molecular formula is C13H18Cl2N2S. The Morgan fingerprint density at radius 2 is 2.06 bits per heavy atom. The van der Waals surface area contributed by atoms with Gasteiger partial charge in [0.25, 0.3) is 0 Å². The number of hydrogen-bond donors (Lipinski definition) is 2. The van der Waals surface area contributed by atoms with Gasteiger partial charge in [-0.1, -0.05) is 23.2 Å². The van der Waals surface area contributed by atoms with Crippen LogP contribution in [0, 0.1) is 5.92 Å². The molecule has 100 valence electrons. The van der Waals surface area contributed by atoms with Gasteiger partial charge in [0.05, 0.1) is 0 Å². The number of halogens is 2. The lowest BCUT2D eigenvalue weighted by molar-refractivity contribution is 0.374. The molecule has 0 amide bonds. The van der Waals surface area contributed by atoms with Crippen molar-refractivity contribution in [2.75, 3.05) is 11.5 Å². The van der Waals surface area contributed by atoms with Crippen LogP contribution < -0.4 is 11.3 Å². The summed E-state index contributed by atoms with van der Waals surface area (Å²) in [5.41, 5.74) is 3.89. The molecule has 1 aromatic rings. The minimum absolute atomic E-state index is 0.0873. The van der Waals surface area contributed by atoms with E-state index in [1.165, 1.54) is 24.3 Å². The summed E-state index contributed by atoms with van der Waals surface area (Å²) in [7, 11) is 0. The summed E-state index contributed by atoms with van der Waals surface area (Å²) in [5, 5.41) is 1.43. The first-order valence-electron chi connectivity index (χ1n) is 6.19. The smallest absolute Gasteiger partial charge is 0.0477 e. The molecule has 0 bridgehead atoms. The van der Waals surface area contributed by atoms with E-state index in [4.69, 9.17) is 29.0 Å². The van der Waals surface area contributed by atoms with E-state index in [-0.39, 0.29) is 6.04 Å². The summed E-state index contributed by atoms with van der Waals surface area (Å²) < 4.78 is 0. The molecule has 1 saturated heterocycles. The van der Waals surface area contributed by atoms with Crippen LogP contribution in [-0.4, -0.2) is 11.5 Å². The Morgan fingerprint density at radius 3 is 2.72 bits per heavy atom. The molecule has 0 spiro atoms. The molecule has 18 heavy (non-hydrogen) atoms. The van der Waals surface area contributed by atoms with E-state index >= 15 is 0 Å². The number of nitrogens with one attached hydrogen (secondary N) is 1. The molecule has 1 aliphatic heterocycles. The molecule has 0 aromatic heterocycles. The van der Waals surface area contributed by atoms with Crippen molar-refractivity contribution in [1.82, 2.24) is 5.43 Å². The van der Waals surface area contributed by atoms with Crippen LogP contribution in [0.15, 0.2) is 18.2 Å². The van der Waals surface area contributed by atoms with Gasteiger partial charge in [-0.3, -0.25) is 11.3 Å². The largest absolute Gasteiger partial charge is 0.271 e. The van der Waals surface area contributed by atoms with Crippen LogP contribution in [-0.2, 0) is 0 Å². The fraction of sp³-hybridized carbons (Fsp3) is 0.538. The van der Waals surface area contributed by atoms with E-state index in [0.717, 1.165) is 22.9 Å². The molecule has 0 radical (unpaired) electrons. The zero-order valence-electron chi connectivity index (χ0n) is 10.2. The predicted octanol–water partition coefficient (Wildman–Crippen LogP) is 4.03. The third kappa shape index (κ3) is 3.78. The number of thioether (sulfide) groups is 1. The van der Waals surface area contributed by atoms with Gasteiger partial charge in [-0.25, -0.2) is 0 Å². The topological polar surface area (TPSA) is 38.0 Å². The SMILES string of the molecule is NNC(CC1CCSCC1)c1cc(Cl)ccc1Cl. The van der Waals surface area contributed by atoms with Crippen LogP contribution in [0.4, 0.5) is 0 Å². The minimum atomic E-state index is 0.0873. The molecular weight excluding hydrogens is 287 g/mol. The highest BCUT2D eigenvalue weighted by Crippen LogP contribution is 2.34. The molecule has 2 nitrogen and oxygen atoms in total. The Bertz CT molecular complexity index is 395. The predicted molar refractivity (Wildman–Crippen MR) is 81.2 cm³/mol. The maximum Gasteiger partial charge on any atom is 0.0477 e. The van der Waals surface area contributed by atoms with E-state index in [2.05, 4.69) is 5.43 Å². The molecule has 1 unspecified atom stereocenters. The highest BCUT2D eigenvalue weighted by atomic mass is 35.5. The number of nitrogens with two attached hydrogens (primary N) is 1. The van der Waals surface area contributed by atoms with Crippen LogP contribution in [0.25, 0.3) is 0 Å². The van der Waals surface area contributed by atoms with Gasteiger partial charge in [0.15, 0.2) is 0 Å². The Kier molecular flexibility index (Phi) is 5.64. The number of hydrogen-bond acceptors (Lipinski definition) is 3. The van der Waals surface area contributed by atoms with Gasteiger partial charge in [-0.2, -0.15) is 11.8 Å². The van der Waals surface area contributed by atoms with Gasteiger partial charge >= 0.3 is 0 Å². The first-order valence-corrected chi connectivity index (χ1v) is 8.10. The lowest BCUT2D eigenvalue weighted by Crippen LogP contribution is -2.30. The summed E-state index contributed by atoms with van der Waals surface area (Å²) in [6.07, 6.45) is 3.55. The van der Waals surface area contributed by atoms with Crippen molar-refractivity contribution in [3.63, 3.8) is 0 Å². The summed E-state index contributed by atoms with van der Waals surface area (Å²) in [5.74, 6) is 8.92. The summed E-state index contributed by atoms with van der Waals surface area (Å²) >= 11 is 14.3. The molecule has 1 atom stereocenters. The monoisotopic (exact) mass is 304 g/mol. The van der Waals surface area contributed by atoms with Crippen molar-refractivity contribution < 1.29 is 0 Å². The first kappa shape index (κ1) is 14.5. The van der Waals surface area contributed by atoms with Crippen molar-refractivity contribution >= 4 is 35.0 Å². The number of hydrazine groups is 1. The second kappa shape index (κ2) is 7.01. The van der Waals surface area contributed by atoms with Crippen LogP contribution in [0.2, 0.25) is 10.0 Å². The highest BCUT2D eigenvalue weighted by Gasteiger charge is 2.21. The summed E-state index contributed by atoms with van der Waals surface area (Å²) in [6.45, 7) is 0. The Labute approximate surface area is 123 Å². The van der Waals surface area contributed by atoms with Crippen LogP contribution in [0.1, 0.15) is 30.9 Å². The average Bonchev–Trinajstić information content (AvgIpc) is 2.40. The molecule has 1 aromatic carbocycles. The van der Waals surface area contributed by atoms with Crippen molar-refractivity contribution in [2.24, 2.45) is 11.8 Å². The van der Waals surface area contributed by atoms with E-state index < -0.39 is 0 Å². The Balaban J connectivity index is 2.09. The molecule has 0 saturated carbocycles. The zero-order chi connectivity index (χ0) is 13.0. The summed E-state index contributed by atoms with van der Waals surface area (Å²) in [6, 6.07) is 5.63. The van der Waals surface area contributed by atoms with Crippen LogP contribution in [0.5, 0.6) is 0 Å². The van der Waals surface area contributed by atoms with Gasteiger partial charge in [0, 0.05) is 16.1 Å². The second-order valence-corrected chi connectivity index (χ2v) is 6.74. The number of rotatable bonds is 4. The lowest BCUT2D eigenvalue weighted by Gasteiger charge is -2.26. The first-order chi connectivity index (χ1) is 8.70. The van der Waals surface area contributed by atoms with Crippen LogP contribution in [0.3, 0.4) is 0 Å². The van der Waals surface area contributed by atoms with Gasteiger partial charge in [-0.15, -0.1) is 0 Å². The molecule has 1 fully saturated rings. The van der Waals surface area contributed by atoms with Gasteiger partial charge in [0.1, 0.15) is 0 Å². The molecule has 1 heterocycles. The second-order valence-electron chi connectivity index (χ2n) is 4.68. The highest BCUT2D eigenvalue weighted by molar-refractivity contribution is 7.99. The van der Waals surface area contributed by atoms with Crippen molar-refractivity contribution in [3.8, 4) is 0 Å². The van der Waals surface area contributed by atoms with E-state index in [1.54, 1.807) is 6.07 Å². The lowest BCUT2D eigenvalue weighted by atomic mass is 9.91. The van der Waals surface area contributed by atoms with Gasteiger partial charge < -0.3 is 0 Å². The van der Waals surface area contributed by atoms with Crippen molar-refractivity contribution in [3.05, 3.63) is 33.8 Å². The molecule has 0 aliphatic carbocycles. The quantitative estimate of drug-likeness (QED) is 0.651. The normalized spacial score (nSPS) is 18.8. The maximum atomic E-state index is 6.23. The maximum absolute atomic E-state index is 6.23. The third-order valence-electron chi connectivity index (χ3n) is 3.44. The Hall–Kier alpha value is 0.0700. The standard InChI is InChI=1S/C13H18Cl2N2S/c14-10-1-2-12(15)11(8-10)13(17-16)7-9-3-5-18-6-4-9/h1-2,8-9,13,17H,3-7,16H2. The number of benzene rings is 1. The van der Waals surface area contributed by atoms with Crippen molar-refractivity contribution in [1.29, 1.82) is 0 Å². The van der Waals surface area contributed by atoms with Gasteiger partial charge in [0.2, 0.25) is 0 Å². The Morgan fingerprint density at radius 1 is 1.33 bits per heavy atom. The van der Waals surface area contributed by atoms with E-state index in [9.17, 15) is 0 Å². The third-order valence-corrected chi connectivity index (χ3v) is 5.07. The summed E-state index contributed by atoms with van der Waals surface area (Å²) in [4.78, 5) is 0. The van der Waals surface area contributed by atoms with Crippen LogP contribution >= 0.6 is 35.0 Å². The molecule has 2 rings (SSSR count). The fourth-order valence-electron chi connectivity index (χ4n) is 2.38.